The monoisotopic (exact) mass is 302 g/mol. The fourth-order valence-electron chi connectivity index (χ4n) is 2.90. The molecule has 0 spiro atoms. The highest BCUT2D eigenvalue weighted by atomic mass is 16.2. The van der Waals surface area contributed by atoms with Crippen molar-refractivity contribution in [2.24, 2.45) is 0 Å². The van der Waals surface area contributed by atoms with Crippen LogP contribution < -0.4 is 5.32 Å². The Balaban J connectivity index is 2.20. The zero-order valence-electron chi connectivity index (χ0n) is 13.3. The molecule has 0 bridgehead atoms. The summed E-state index contributed by atoms with van der Waals surface area (Å²) in [6, 6.07) is 5.48. The first-order valence-corrected chi connectivity index (χ1v) is 7.55. The number of hydrogen-bond acceptors (Lipinski definition) is 4. The van der Waals surface area contributed by atoms with Crippen LogP contribution in [-0.2, 0) is 16.1 Å². The number of imide groups is 1. The summed E-state index contributed by atoms with van der Waals surface area (Å²) < 4.78 is 0. The quantitative estimate of drug-likeness (QED) is 0.666. The molecule has 1 aliphatic rings. The van der Waals surface area contributed by atoms with Gasteiger partial charge in [-0.3, -0.25) is 24.6 Å². The lowest BCUT2D eigenvalue weighted by Gasteiger charge is -2.30. The molecule has 0 aromatic heterocycles. The first-order valence-electron chi connectivity index (χ1n) is 7.55. The van der Waals surface area contributed by atoms with Crippen molar-refractivity contribution >= 4 is 18.1 Å². The van der Waals surface area contributed by atoms with Gasteiger partial charge in [-0.25, -0.2) is 0 Å². The molecule has 1 unspecified atom stereocenters. The van der Waals surface area contributed by atoms with Gasteiger partial charge in [0.2, 0.25) is 11.8 Å². The van der Waals surface area contributed by atoms with Crippen molar-refractivity contribution in [1.29, 1.82) is 0 Å². The lowest BCUT2D eigenvalue weighted by atomic mass is 9.93. The predicted molar refractivity (Wildman–Crippen MR) is 83.6 cm³/mol. The average molecular weight is 302 g/mol. The Hall–Kier alpha value is -2.01. The van der Waals surface area contributed by atoms with Gasteiger partial charge in [-0.1, -0.05) is 32.0 Å². The minimum atomic E-state index is -0.333. The van der Waals surface area contributed by atoms with Gasteiger partial charge in [0, 0.05) is 18.5 Å². The summed E-state index contributed by atoms with van der Waals surface area (Å²) in [6.45, 7) is 4.60. The van der Waals surface area contributed by atoms with Crippen LogP contribution in [-0.4, -0.2) is 36.1 Å². The summed E-state index contributed by atoms with van der Waals surface area (Å²) in [6.07, 6.45) is 1.76. The van der Waals surface area contributed by atoms with Crippen LogP contribution >= 0.6 is 0 Å². The molecular weight excluding hydrogens is 280 g/mol. The lowest BCUT2D eigenvalue weighted by molar-refractivity contribution is -0.137. The van der Waals surface area contributed by atoms with Gasteiger partial charge in [-0.2, -0.15) is 0 Å². The summed E-state index contributed by atoms with van der Waals surface area (Å²) >= 11 is 0. The smallest absolute Gasteiger partial charge is 0.243 e. The van der Waals surface area contributed by atoms with Crippen LogP contribution in [0.5, 0.6) is 0 Å². The number of carbonyl (C=O) groups is 3. The van der Waals surface area contributed by atoms with Crippen LogP contribution in [0.4, 0.5) is 0 Å². The molecule has 1 atom stereocenters. The van der Waals surface area contributed by atoms with Crippen molar-refractivity contribution in [2.45, 2.75) is 45.2 Å². The topological polar surface area (TPSA) is 66.5 Å². The maximum atomic E-state index is 11.9. The van der Waals surface area contributed by atoms with Gasteiger partial charge >= 0.3 is 0 Å². The Morgan fingerprint density at radius 2 is 2.09 bits per heavy atom. The van der Waals surface area contributed by atoms with Crippen molar-refractivity contribution in [2.75, 3.05) is 7.05 Å². The third-order valence-electron chi connectivity index (χ3n) is 4.13. The van der Waals surface area contributed by atoms with Crippen LogP contribution in [0.15, 0.2) is 18.2 Å². The zero-order chi connectivity index (χ0) is 16.3. The normalized spacial score (nSPS) is 18.7. The number of likely N-dealkylation sites (N-methyl/N-ethyl adjacent to an activating group) is 1. The van der Waals surface area contributed by atoms with E-state index in [1.54, 1.807) is 0 Å². The van der Waals surface area contributed by atoms with E-state index in [1.165, 1.54) is 0 Å². The molecule has 5 nitrogen and oxygen atoms in total. The van der Waals surface area contributed by atoms with Gasteiger partial charge in [0.1, 0.15) is 0 Å². The SMILES string of the molecule is CC(C)c1cccc(CN(C)C2CCC(=O)NC2=O)c1C=O. The number of hydrogen-bond donors (Lipinski definition) is 1. The summed E-state index contributed by atoms with van der Waals surface area (Å²) in [5.74, 6) is -0.211. The average Bonchev–Trinajstić information content (AvgIpc) is 2.46. The first kappa shape index (κ1) is 16.4. The summed E-state index contributed by atoms with van der Waals surface area (Å²) in [7, 11) is 1.84. The fraction of sp³-hybridized carbons (Fsp3) is 0.471. The number of carbonyl (C=O) groups excluding carboxylic acids is 3. The molecule has 0 saturated carbocycles. The van der Waals surface area contributed by atoms with E-state index >= 15 is 0 Å². The highest BCUT2D eigenvalue weighted by Crippen LogP contribution is 2.23. The molecule has 1 N–H and O–H groups in total. The third-order valence-corrected chi connectivity index (χ3v) is 4.13. The lowest BCUT2D eigenvalue weighted by Crippen LogP contribution is -2.51. The van der Waals surface area contributed by atoms with E-state index in [2.05, 4.69) is 19.2 Å². The highest BCUT2D eigenvalue weighted by molar-refractivity contribution is 6.00. The minimum absolute atomic E-state index is 0.218. The van der Waals surface area contributed by atoms with Gasteiger partial charge in [0.15, 0.2) is 6.29 Å². The Bertz CT molecular complexity index is 596. The van der Waals surface area contributed by atoms with E-state index in [0.29, 0.717) is 24.9 Å². The largest absolute Gasteiger partial charge is 0.298 e. The molecule has 1 aromatic carbocycles. The summed E-state index contributed by atoms with van der Waals surface area (Å²) in [5.41, 5.74) is 2.63. The highest BCUT2D eigenvalue weighted by Gasteiger charge is 2.30. The van der Waals surface area contributed by atoms with Gasteiger partial charge in [-0.05, 0) is 30.5 Å². The van der Waals surface area contributed by atoms with Crippen LogP contribution in [0.3, 0.4) is 0 Å². The molecule has 1 aromatic rings. The Morgan fingerprint density at radius 1 is 1.36 bits per heavy atom. The molecule has 5 heteroatoms. The number of nitrogens with one attached hydrogen (secondary N) is 1. The molecular formula is C17H22N2O3. The van der Waals surface area contributed by atoms with E-state index in [9.17, 15) is 14.4 Å². The molecule has 1 aliphatic heterocycles. The maximum Gasteiger partial charge on any atom is 0.243 e. The van der Waals surface area contributed by atoms with Crippen molar-refractivity contribution in [3.8, 4) is 0 Å². The van der Waals surface area contributed by atoms with E-state index in [4.69, 9.17) is 0 Å². The Kier molecular flexibility index (Phi) is 5.08. The number of rotatable bonds is 5. The van der Waals surface area contributed by atoms with Gasteiger partial charge in [0.05, 0.1) is 6.04 Å². The molecule has 2 rings (SSSR count). The van der Waals surface area contributed by atoms with E-state index in [0.717, 1.165) is 17.4 Å². The Morgan fingerprint density at radius 3 is 2.68 bits per heavy atom. The number of amides is 2. The van der Waals surface area contributed by atoms with Crippen molar-refractivity contribution < 1.29 is 14.4 Å². The Labute approximate surface area is 130 Å². The molecule has 2 amide bonds. The zero-order valence-corrected chi connectivity index (χ0v) is 13.3. The van der Waals surface area contributed by atoms with Gasteiger partial charge < -0.3 is 0 Å². The predicted octanol–water partition coefficient (Wildman–Crippen LogP) is 1.86. The van der Waals surface area contributed by atoms with Gasteiger partial charge in [-0.15, -0.1) is 0 Å². The molecule has 1 fully saturated rings. The van der Waals surface area contributed by atoms with E-state index in [-0.39, 0.29) is 23.8 Å². The molecule has 1 heterocycles. The van der Waals surface area contributed by atoms with Crippen LogP contribution in [0.1, 0.15) is 54.1 Å². The molecule has 0 radical (unpaired) electrons. The molecule has 1 saturated heterocycles. The fourth-order valence-corrected chi connectivity index (χ4v) is 2.90. The summed E-state index contributed by atoms with van der Waals surface area (Å²) in [4.78, 5) is 36.5. The van der Waals surface area contributed by atoms with E-state index < -0.39 is 0 Å². The maximum absolute atomic E-state index is 11.9. The summed E-state index contributed by atoms with van der Waals surface area (Å²) in [5, 5.41) is 2.37. The number of piperidine rings is 1. The minimum Gasteiger partial charge on any atom is -0.298 e. The second kappa shape index (κ2) is 6.83. The van der Waals surface area contributed by atoms with Crippen LogP contribution in [0.25, 0.3) is 0 Å². The third kappa shape index (κ3) is 3.42. The van der Waals surface area contributed by atoms with E-state index in [1.807, 2.05) is 30.1 Å². The second-order valence-corrected chi connectivity index (χ2v) is 6.07. The van der Waals surface area contributed by atoms with Crippen molar-refractivity contribution in [3.63, 3.8) is 0 Å². The molecule has 0 aliphatic carbocycles. The number of nitrogens with zero attached hydrogens (tertiary/aromatic N) is 1. The second-order valence-electron chi connectivity index (χ2n) is 6.07. The first-order chi connectivity index (χ1) is 10.4. The van der Waals surface area contributed by atoms with Crippen LogP contribution in [0, 0.1) is 0 Å². The van der Waals surface area contributed by atoms with Gasteiger partial charge in [0.25, 0.3) is 0 Å². The molecule has 118 valence electrons. The van der Waals surface area contributed by atoms with Crippen LogP contribution in [0.2, 0.25) is 0 Å². The van der Waals surface area contributed by atoms with Crippen molar-refractivity contribution in [3.05, 3.63) is 34.9 Å². The molecule has 22 heavy (non-hydrogen) atoms. The standard InChI is InChI=1S/C17H22N2O3/c1-11(2)13-6-4-5-12(14(13)10-20)9-19(3)15-7-8-16(21)18-17(15)22/h4-6,10-11,15H,7-9H2,1-3H3,(H,18,21,22). The van der Waals surface area contributed by atoms with Crippen molar-refractivity contribution in [1.82, 2.24) is 10.2 Å². The number of benzene rings is 1. The number of aldehydes is 1.